The van der Waals surface area contributed by atoms with Crippen LogP contribution in [0.5, 0.6) is 0 Å². The molecule has 1 aromatic rings. The Kier molecular flexibility index (Phi) is 3.70. The number of carboxylic acid groups (broad SMARTS) is 1. The number of hydrogen-bond acceptors (Lipinski definition) is 6. The van der Waals surface area contributed by atoms with E-state index in [1.165, 1.54) is 0 Å². The van der Waals surface area contributed by atoms with Gasteiger partial charge in [0.2, 0.25) is 5.95 Å². The Labute approximate surface area is 111 Å². The van der Waals surface area contributed by atoms with Crippen LogP contribution >= 0.6 is 0 Å². The fourth-order valence-electron chi connectivity index (χ4n) is 2.09. The van der Waals surface area contributed by atoms with Gasteiger partial charge >= 0.3 is 5.97 Å². The van der Waals surface area contributed by atoms with E-state index in [-0.39, 0.29) is 24.5 Å². The Morgan fingerprint density at radius 2 is 2.32 bits per heavy atom. The lowest BCUT2D eigenvalue weighted by Gasteiger charge is -2.34. The second-order valence-electron chi connectivity index (χ2n) is 4.56. The number of hydrogen-bond donors (Lipinski definition) is 1. The van der Waals surface area contributed by atoms with Gasteiger partial charge in [-0.3, -0.25) is 4.79 Å². The second kappa shape index (κ2) is 5.12. The van der Waals surface area contributed by atoms with Gasteiger partial charge in [-0.15, -0.1) is 0 Å². The van der Waals surface area contributed by atoms with Crippen molar-refractivity contribution in [3.8, 4) is 0 Å². The Bertz CT molecular complexity index is 587. The highest BCUT2D eigenvalue weighted by molar-refractivity contribution is 7.91. The normalized spacial score (nSPS) is 22.2. The predicted octanol–water partition coefficient (Wildman–Crippen LogP) is -0.137. The van der Waals surface area contributed by atoms with Crippen LogP contribution in [0.25, 0.3) is 0 Å². The molecule has 1 aromatic heterocycles. The van der Waals surface area contributed by atoms with E-state index in [9.17, 15) is 13.2 Å². The number of aryl methyl sites for hydroxylation is 1. The number of carbonyl (C=O) groups is 1. The van der Waals surface area contributed by atoms with E-state index in [4.69, 9.17) is 5.11 Å². The van der Waals surface area contributed by atoms with E-state index < -0.39 is 21.8 Å². The lowest BCUT2D eigenvalue weighted by molar-refractivity contribution is -0.137. The first kappa shape index (κ1) is 13.7. The van der Waals surface area contributed by atoms with Gasteiger partial charge in [-0.25, -0.2) is 18.4 Å². The molecular weight excluding hydrogens is 270 g/mol. The Hall–Kier alpha value is -1.70. The Morgan fingerprint density at radius 3 is 2.95 bits per heavy atom. The number of rotatable bonds is 3. The fraction of sp³-hybridized carbons (Fsp3) is 0.545. The first-order chi connectivity index (χ1) is 8.87. The average Bonchev–Trinajstić information content (AvgIpc) is 2.27. The van der Waals surface area contributed by atoms with Crippen molar-refractivity contribution in [1.82, 2.24) is 9.97 Å². The van der Waals surface area contributed by atoms with Gasteiger partial charge in [-0.2, -0.15) is 0 Å². The molecule has 104 valence electrons. The zero-order valence-corrected chi connectivity index (χ0v) is 11.3. The lowest BCUT2D eigenvalue weighted by atomic mass is 10.2. The maximum atomic E-state index is 11.6. The minimum Gasteiger partial charge on any atom is -0.481 e. The third-order valence-electron chi connectivity index (χ3n) is 2.98. The highest BCUT2D eigenvalue weighted by Gasteiger charge is 2.34. The zero-order valence-electron chi connectivity index (χ0n) is 10.5. The van der Waals surface area contributed by atoms with Crippen molar-refractivity contribution in [3.63, 3.8) is 0 Å². The van der Waals surface area contributed by atoms with E-state index in [1.807, 2.05) is 0 Å². The van der Waals surface area contributed by atoms with E-state index in [2.05, 4.69) is 9.97 Å². The molecule has 1 saturated heterocycles. The molecule has 0 aliphatic carbocycles. The van der Waals surface area contributed by atoms with E-state index in [1.54, 1.807) is 24.1 Å². The van der Waals surface area contributed by atoms with Gasteiger partial charge in [0.05, 0.1) is 24.0 Å². The summed E-state index contributed by atoms with van der Waals surface area (Å²) < 4.78 is 23.3. The summed E-state index contributed by atoms with van der Waals surface area (Å²) in [6, 6.07) is 1.12. The van der Waals surface area contributed by atoms with Gasteiger partial charge < -0.3 is 10.0 Å². The maximum absolute atomic E-state index is 11.6. The van der Waals surface area contributed by atoms with Gasteiger partial charge in [0.25, 0.3) is 0 Å². The molecule has 7 nitrogen and oxygen atoms in total. The summed E-state index contributed by atoms with van der Waals surface area (Å²) in [6.07, 6.45) is 1.34. The third kappa shape index (κ3) is 3.40. The number of sulfone groups is 1. The quantitative estimate of drug-likeness (QED) is 0.825. The number of aliphatic carboxylic acids is 1. The van der Waals surface area contributed by atoms with Gasteiger partial charge in [0.15, 0.2) is 9.84 Å². The standard InChI is InChI=1S/C11H15N3O4S/c1-8-2-3-12-11(13-8)14-4-5-19(17,18)7-9(14)6-10(15)16/h2-3,9H,4-7H2,1H3,(H,15,16). The van der Waals surface area contributed by atoms with Gasteiger partial charge in [0, 0.05) is 18.4 Å². The molecule has 8 heteroatoms. The summed E-state index contributed by atoms with van der Waals surface area (Å²) in [5.74, 6) is -0.808. The van der Waals surface area contributed by atoms with E-state index >= 15 is 0 Å². The number of nitrogens with zero attached hydrogens (tertiary/aromatic N) is 3. The van der Waals surface area contributed by atoms with Crippen molar-refractivity contribution in [1.29, 1.82) is 0 Å². The van der Waals surface area contributed by atoms with Crippen molar-refractivity contribution in [2.75, 3.05) is 23.0 Å². The summed E-state index contributed by atoms with van der Waals surface area (Å²) in [5.41, 5.74) is 0.757. The molecule has 0 saturated carbocycles. The van der Waals surface area contributed by atoms with Crippen LogP contribution in [0.15, 0.2) is 12.3 Å². The molecule has 1 atom stereocenters. The Morgan fingerprint density at radius 1 is 1.58 bits per heavy atom. The van der Waals surface area contributed by atoms with Crippen molar-refractivity contribution in [3.05, 3.63) is 18.0 Å². The summed E-state index contributed by atoms with van der Waals surface area (Å²) in [7, 11) is -3.19. The van der Waals surface area contributed by atoms with Crippen molar-refractivity contribution < 1.29 is 18.3 Å². The van der Waals surface area contributed by atoms with Crippen molar-refractivity contribution in [2.45, 2.75) is 19.4 Å². The molecule has 2 rings (SSSR count). The SMILES string of the molecule is Cc1ccnc(N2CCS(=O)(=O)CC2CC(=O)O)n1. The maximum Gasteiger partial charge on any atom is 0.305 e. The predicted molar refractivity (Wildman–Crippen MR) is 68.8 cm³/mol. The molecule has 2 heterocycles. The number of anilines is 1. The first-order valence-corrected chi connectivity index (χ1v) is 7.68. The highest BCUT2D eigenvalue weighted by Crippen LogP contribution is 2.20. The molecule has 1 aliphatic rings. The average molecular weight is 285 g/mol. The Balaban J connectivity index is 2.29. The molecule has 1 N–H and O–H groups in total. The largest absolute Gasteiger partial charge is 0.481 e. The molecule has 1 aliphatic heterocycles. The van der Waals surface area contributed by atoms with Crippen LogP contribution in [0.3, 0.4) is 0 Å². The van der Waals surface area contributed by atoms with Gasteiger partial charge in [-0.05, 0) is 13.0 Å². The molecule has 1 unspecified atom stereocenters. The minimum absolute atomic E-state index is 0.000418. The van der Waals surface area contributed by atoms with E-state index in [0.717, 1.165) is 5.69 Å². The molecule has 0 spiro atoms. The van der Waals surface area contributed by atoms with Crippen molar-refractivity contribution in [2.24, 2.45) is 0 Å². The monoisotopic (exact) mass is 285 g/mol. The second-order valence-corrected chi connectivity index (χ2v) is 6.79. The van der Waals surface area contributed by atoms with Crippen LogP contribution in [0, 0.1) is 6.92 Å². The van der Waals surface area contributed by atoms with Gasteiger partial charge in [0.1, 0.15) is 0 Å². The molecule has 0 aromatic carbocycles. The molecule has 0 radical (unpaired) electrons. The molecule has 0 amide bonds. The van der Waals surface area contributed by atoms with E-state index in [0.29, 0.717) is 5.95 Å². The highest BCUT2D eigenvalue weighted by atomic mass is 32.2. The van der Waals surface area contributed by atoms with Crippen LogP contribution in [0.2, 0.25) is 0 Å². The number of aromatic nitrogens is 2. The first-order valence-electron chi connectivity index (χ1n) is 5.86. The third-order valence-corrected chi connectivity index (χ3v) is 4.68. The number of carboxylic acids is 1. The summed E-state index contributed by atoms with van der Waals surface area (Å²) in [6.45, 7) is 2.03. The van der Waals surface area contributed by atoms with Crippen LogP contribution in [-0.4, -0.2) is 53.6 Å². The minimum atomic E-state index is -3.19. The summed E-state index contributed by atoms with van der Waals surface area (Å²) in [4.78, 5) is 20.9. The topological polar surface area (TPSA) is 100 Å². The van der Waals surface area contributed by atoms with Crippen molar-refractivity contribution >= 4 is 21.8 Å². The van der Waals surface area contributed by atoms with Crippen LogP contribution in [-0.2, 0) is 14.6 Å². The summed E-state index contributed by atoms with van der Waals surface area (Å²) >= 11 is 0. The smallest absolute Gasteiger partial charge is 0.305 e. The molecular formula is C11H15N3O4S. The molecule has 19 heavy (non-hydrogen) atoms. The fourth-order valence-corrected chi connectivity index (χ4v) is 3.62. The van der Waals surface area contributed by atoms with Gasteiger partial charge in [-0.1, -0.05) is 0 Å². The van der Waals surface area contributed by atoms with Crippen LogP contribution in [0.4, 0.5) is 5.95 Å². The zero-order chi connectivity index (χ0) is 14.0. The lowest BCUT2D eigenvalue weighted by Crippen LogP contribution is -2.50. The summed E-state index contributed by atoms with van der Waals surface area (Å²) in [5, 5.41) is 8.89. The molecule has 0 bridgehead atoms. The molecule has 1 fully saturated rings. The van der Waals surface area contributed by atoms with Crippen LogP contribution in [0.1, 0.15) is 12.1 Å². The van der Waals surface area contributed by atoms with Crippen LogP contribution < -0.4 is 4.90 Å².